The Balaban J connectivity index is 1.49. The molecule has 0 heterocycles. The number of nitrogens with one attached hydrogen (secondary N) is 2. The minimum Gasteiger partial charge on any atom is -0.489 e. The van der Waals surface area contributed by atoms with Crippen LogP contribution in [0.2, 0.25) is 5.02 Å². The summed E-state index contributed by atoms with van der Waals surface area (Å²) in [6.45, 7) is 0.391. The molecule has 0 aliphatic heterocycles. The SMILES string of the molecule is O=C(NNC(=O)C1CC1)c1ccc(COc2ccc(Cl)cc2)cc1. The van der Waals surface area contributed by atoms with Gasteiger partial charge < -0.3 is 4.74 Å². The van der Waals surface area contributed by atoms with Gasteiger partial charge in [0.25, 0.3) is 5.91 Å². The van der Waals surface area contributed by atoms with Crippen LogP contribution >= 0.6 is 11.6 Å². The maximum Gasteiger partial charge on any atom is 0.269 e. The van der Waals surface area contributed by atoms with Crippen molar-refractivity contribution in [3.05, 3.63) is 64.7 Å². The second kappa shape index (κ2) is 7.36. The van der Waals surface area contributed by atoms with Gasteiger partial charge in [0.05, 0.1) is 0 Å². The van der Waals surface area contributed by atoms with Crippen LogP contribution in [0.1, 0.15) is 28.8 Å². The molecule has 0 bridgehead atoms. The molecule has 2 aromatic rings. The van der Waals surface area contributed by atoms with Crippen LogP contribution in [0.15, 0.2) is 48.5 Å². The molecule has 6 heteroatoms. The number of carbonyl (C=O) groups is 2. The van der Waals surface area contributed by atoms with Gasteiger partial charge in [-0.25, -0.2) is 0 Å². The van der Waals surface area contributed by atoms with Crippen LogP contribution in [0.3, 0.4) is 0 Å². The minimum absolute atomic E-state index is 0.0534. The van der Waals surface area contributed by atoms with Gasteiger partial charge in [-0.1, -0.05) is 23.7 Å². The van der Waals surface area contributed by atoms with E-state index in [1.165, 1.54) is 0 Å². The lowest BCUT2D eigenvalue weighted by molar-refractivity contribution is -0.123. The Bertz CT molecular complexity index is 725. The van der Waals surface area contributed by atoms with E-state index in [-0.39, 0.29) is 17.7 Å². The van der Waals surface area contributed by atoms with Crippen LogP contribution in [-0.2, 0) is 11.4 Å². The molecule has 0 aromatic heterocycles. The van der Waals surface area contributed by atoms with Crippen LogP contribution in [0.5, 0.6) is 5.75 Å². The largest absolute Gasteiger partial charge is 0.489 e. The first-order chi connectivity index (χ1) is 11.6. The number of hydrogen-bond acceptors (Lipinski definition) is 3. The van der Waals surface area contributed by atoms with Crippen molar-refractivity contribution in [2.45, 2.75) is 19.4 Å². The van der Waals surface area contributed by atoms with E-state index in [2.05, 4.69) is 10.9 Å². The highest BCUT2D eigenvalue weighted by Crippen LogP contribution is 2.28. The highest BCUT2D eigenvalue weighted by Gasteiger charge is 2.29. The lowest BCUT2D eigenvalue weighted by Crippen LogP contribution is -2.42. The summed E-state index contributed by atoms with van der Waals surface area (Å²) in [5.74, 6) is 0.312. The predicted molar refractivity (Wildman–Crippen MR) is 90.6 cm³/mol. The zero-order valence-corrected chi connectivity index (χ0v) is 13.7. The summed E-state index contributed by atoms with van der Waals surface area (Å²) >= 11 is 5.82. The topological polar surface area (TPSA) is 67.4 Å². The van der Waals surface area contributed by atoms with Gasteiger partial charge >= 0.3 is 0 Å². The summed E-state index contributed by atoms with van der Waals surface area (Å²) in [5, 5.41) is 0.659. The quantitative estimate of drug-likeness (QED) is 0.819. The Morgan fingerprint density at radius 1 is 1.00 bits per heavy atom. The van der Waals surface area contributed by atoms with Crippen LogP contribution < -0.4 is 15.6 Å². The Hall–Kier alpha value is -2.53. The summed E-state index contributed by atoms with van der Waals surface area (Å²) in [6.07, 6.45) is 1.79. The first-order valence-electron chi connectivity index (χ1n) is 7.69. The zero-order valence-electron chi connectivity index (χ0n) is 12.9. The number of amides is 2. The number of benzene rings is 2. The molecule has 0 saturated heterocycles. The van der Waals surface area contributed by atoms with Gasteiger partial charge in [-0.15, -0.1) is 0 Å². The van der Waals surface area contributed by atoms with E-state index < -0.39 is 0 Å². The average Bonchev–Trinajstić information content (AvgIpc) is 3.44. The van der Waals surface area contributed by atoms with Gasteiger partial charge in [0.1, 0.15) is 12.4 Å². The molecule has 124 valence electrons. The number of ether oxygens (including phenoxy) is 1. The molecule has 0 atom stereocenters. The first kappa shape index (κ1) is 16.3. The Kier molecular flexibility index (Phi) is 5.01. The first-order valence-corrected chi connectivity index (χ1v) is 8.07. The number of rotatable bonds is 5. The molecule has 1 aliphatic carbocycles. The van der Waals surface area contributed by atoms with Crippen LogP contribution in [-0.4, -0.2) is 11.8 Å². The maximum atomic E-state index is 11.9. The normalized spacial score (nSPS) is 13.2. The lowest BCUT2D eigenvalue weighted by atomic mass is 10.1. The van der Waals surface area contributed by atoms with Gasteiger partial charge in [-0.2, -0.15) is 0 Å². The standard InChI is InChI=1S/C18H17ClN2O3/c19-15-7-9-16(10-8-15)24-11-12-1-3-13(4-2-12)17(22)20-21-18(23)14-5-6-14/h1-4,7-10,14H,5-6,11H2,(H,20,22)(H,21,23). The Morgan fingerprint density at radius 3 is 2.29 bits per heavy atom. The summed E-state index contributed by atoms with van der Waals surface area (Å²) < 4.78 is 5.64. The molecule has 1 aliphatic rings. The van der Waals surface area contributed by atoms with Crippen molar-refractivity contribution < 1.29 is 14.3 Å². The zero-order chi connectivity index (χ0) is 16.9. The monoisotopic (exact) mass is 344 g/mol. The third-order valence-corrected chi connectivity index (χ3v) is 3.93. The van der Waals surface area contributed by atoms with E-state index in [9.17, 15) is 9.59 Å². The van der Waals surface area contributed by atoms with Crippen molar-refractivity contribution in [2.75, 3.05) is 0 Å². The molecule has 2 amide bonds. The van der Waals surface area contributed by atoms with Crippen molar-refractivity contribution in [3.63, 3.8) is 0 Å². The minimum atomic E-state index is -0.339. The fraction of sp³-hybridized carbons (Fsp3) is 0.222. The van der Waals surface area contributed by atoms with Crippen molar-refractivity contribution in [1.29, 1.82) is 0 Å². The average molecular weight is 345 g/mol. The molecule has 2 aromatic carbocycles. The second-order valence-electron chi connectivity index (χ2n) is 5.66. The molecule has 24 heavy (non-hydrogen) atoms. The summed E-state index contributed by atoms with van der Waals surface area (Å²) in [4.78, 5) is 23.4. The van der Waals surface area contributed by atoms with Gasteiger partial charge in [-0.05, 0) is 54.8 Å². The van der Waals surface area contributed by atoms with Gasteiger partial charge in [0, 0.05) is 16.5 Å². The van der Waals surface area contributed by atoms with Crippen molar-refractivity contribution in [1.82, 2.24) is 10.9 Å². The summed E-state index contributed by atoms with van der Waals surface area (Å²) in [7, 11) is 0. The summed E-state index contributed by atoms with van der Waals surface area (Å²) in [6, 6.07) is 14.1. The molecule has 5 nitrogen and oxygen atoms in total. The van der Waals surface area contributed by atoms with E-state index >= 15 is 0 Å². The maximum absolute atomic E-state index is 11.9. The molecular formula is C18H17ClN2O3. The Morgan fingerprint density at radius 2 is 1.67 bits per heavy atom. The fourth-order valence-electron chi connectivity index (χ4n) is 2.09. The van der Waals surface area contributed by atoms with E-state index in [1.807, 2.05) is 12.1 Å². The van der Waals surface area contributed by atoms with Gasteiger partial charge in [-0.3, -0.25) is 20.4 Å². The Labute approximate surface area is 144 Å². The summed E-state index contributed by atoms with van der Waals surface area (Å²) in [5.41, 5.74) is 6.26. The fourth-order valence-corrected chi connectivity index (χ4v) is 2.21. The van der Waals surface area contributed by atoms with E-state index in [4.69, 9.17) is 16.3 Å². The van der Waals surface area contributed by atoms with Gasteiger partial charge in [0.15, 0.2) is 0 Å². The van der Waals surface area contributed by atoms with E-state index in [0.717, 1.165) is 24.2 Å². The van der Waals surface area contributed by atoms with Crippen molar-refractivity contribution >= 4 is 23.4 Å². The molecule has 0 unspecified atom stereocenters. The molecule has 1 saturated carbocycles. The molecule has 3 rings (SSSR count). The predicted octanol–water partition coefficient (Wildman–Crippen LogP) is 3.09. The molecule has 0 radical (unpaired) electrons. The van der Waals surface area contributed by atoms with Crippen LogP contribution in [0, 0.1) is 5.92 Å². The van der Waals surface area contributed by atoms with E-state index in [0.29, 0.717) is 17.2 Å². The van der Waals surface area contributed by atoms with E-state index in [1.54, 1.807) is 36.4 Å². The molecular weight excluding hydrogens is 328 g/mol. The number of hydrogen-bond donors (Lipinski definition) is 2. The van der Waals surface area contributed by atoms with Crippen LogP contribution in [0.4, 0.5) is 0 Å². The smallest absolute Gasteiger partial charge is 0.269 e. The van der Waals surface area contributed by atoms with Crippen molar-refractivity contribution in [3.8, 4) is 5.75 Å². The molecule has 0 spiro atoms. The third kappa shape index (κ3) is 4.49. The lowest BCUT2D eigenvalue weighted by Gasteiger charge is -2.08. The van der Waals surface area contributed by atoms with Crippen molar-refractivity contribution in [2.24, 2.45) is 5.92 Å². The third-order valence-electron chi connectivity index (χ3n) is 3.68. The highest BCUT2D eigenvalue weighted by atomic mass is 35.5. The van der Waals surface area contributed by atoms with Gasteiger partial charge in [0.2, 0.25) is 5.91 Å². The molecule has 1 fully saturated rings. The number of carbonyl (C=O) groups excluding carboxylic acids is 2. The number of hydrazine groups is 1. The molecule has 2 N–H and O–H groups in total. The highest BCUT2D eigenvalue weighted by molar-refractivity contribution is 6.30. The number of halogens is 1. The second-order valence-corrected chi connectivity index (χ2v) is 6.09. The van der Waals surface area contributed by atoms with Crippen LogP contribution in [0.25, 0.3) is 0 Å².